The Morgan fingerprint density at radius 2 is 2.07 bits per heavy atom. The van der Waals surface area contributed by atoms with Gasteiger partial charge in [0.2, 0.25) is 6.23 Å². The van der Waals surface area contributed by atoms with E-state index >= 15 is 0 Å². The van der Waals surface area contributed by atoms with E-state index in [1.807, 2.05) is 19.1 Å². The molecule has 3 heterocycles. The number of nitrogens with zero attached hydrogens (tertiary/aromatic N) is 2. The molecule has 2 aromatic carbocycles. The Morgan fingerprint density at radius 1 is 1.17 bits per heavy atom. The third-order valence-electron chi connectivity index (χ3n) is 5.75. The number of hydrogen-bond donors (Lipinski definition) is 0. The van der Waals surface area contributed by atoms with E-state index in [-0.39, 0.29) is 12.3 Å². The highest BCUT2D eigenvalue weighted by Gasteiger charge is 2.42. The van der Waals surface area contributed by atoms with Crippen LogP contribution < -0.4 is 9.47 Å². The van der Waals surface area contributed by atoms with Gasteiger partial charge in [-0.05, 0) is 66.4 Å². The summed E-state index contributed by atoms with van der Waals surface area (Å²) in [7, 11) is 0. The summed E-state index contributed by atoms with van der Waals surface area (Å²) in [5.41, 5.74) is 7.16. The van der Waals surface area contributed by atoms with Gasteiger partial charge in [0, 0.05) is 17.5 Å². The third kappa shape index (κ3) is 3.10. The van der Waals surface area contributed by atoms with Crippen LogP contribution in [0.3, 0.4) is 0 Å². The maximum atomic E-state index is 6.50. The summed E-state index contributed by atoms with van der Waals surface area (Å²) in [6.45, 7) is 6.91. The molecule has 0 bridgehead atoms. The number of ether oxygens (including phenoxy) is 2. The zero-order chi connectivity index (χ0) is 20.0. The summed E-state index contributed by atoms with van der Waals surface area (Å²) >= 11 is 1.68. The molecule has 4 nitrogen and oxygen atoms in total. The van der Waals surface area contributed by atoms with Crippen LogP contribution in [-0.4, -0.2) is 17.3 Å². The highest BCUT2D eigenvalue weighted by molar-refractivity contribution is 7.07. The van der Waals surface area contributed by atoms with Crippen molar-refractivity contribution in [3.8, 4) is 11.5 Å². The summed E-state index contributed by atoms with van der Waals surface area (Å²) in [6, 6.07) is 15.0. The van der Waals surface area contributed by atoms with Crippen LogP contribution in [-0.2, 0) is 0 Å². The largest absolute Gasteiger partial charge is 0.490 e. The maximum Gasteiger partial charge on any atom is 0.214 e. The SMILES string of the molecule is CCOc1cccc2c1O[C@@H](c1ccsc1)N1N=C(c3ccc(C)c(C)c3)C[C@H]21. The predicted molar refractivity (Wildman–Crippen MR) is 117 cm³/mol. The molecule has 5 rings (SSSR count). The smallest absolute Gasteiger partial charge is 0.214 e. The molecule has 0 amide bonds. The first-order chi connectivity index (χ1) is 14.2. The summed E-state index contributed by atoms with van der Waals surface area (Å²) in [4.78, 5) is 0. The molecule has 2 aliphatic rings. The molecule has 5 heteroatoms. The normalized spacial score (nSPS) is 20.0. The highest BCUT2D eigenvalue weighted by atomic mass is 32.1. The fourth-order valence-corrected chi connectivity index (χ4v) is 4.75. The Morgan fingerprint density at radius 3 is 2.83 bits per heavy atom. The summed E-state index contributed by atoms with van der Waals surface area (Å²) in [5, 5.41) is 11.4. The molecule has 0 saturated carbocycles. The van der Waals surface area contributed by atoms with Crippen molar-refractivity contribution in [1.29, 1.82) is 0 Å². The molecule has 0 N–H and O–H groups in total. The van der Waals surface area contributed by atoms with Crippen molar-refractivity contribution in [2.24, 2.45) is 5.10 Å². The number of hydrazone groups is 1. The lowest BCUT2D eigenvalue weighted by molar-refractivity contribution is -0.0209. The van der Waals surface area contributed by atoms with Crippen LogP contribution in [0.4, 0.5) is 0 Å². The zero-order valence-corrected chi connectivity index (χ0v) is 17.7. The van der Waals surface area contributed by atoms with Crippen LogP contribution in [0.1, 0.15) is 53.4 Å². The van der Waals surface area contributed by atoms with E-state index < -0.39 is 0 Å². The van der Waals surface area contributed by atoms with Crippen LogP contribution >= 0.6 is 11.3 Å². The summed E-state index contributed by atoms with van der Waals surface area (Å²) < 4.78 is 12.4. The van der Waals surface area contributed by atoms with Crippen molar-refractivity contribution in [3.63, 3.8) is 0 Å². The van der Waals surface area contributed by atoms with Crippen molar-refractivity contribution in [3.05, 3.63) is 81.0 Å². The van der Waals surface area contributed by atoms with E-state index in [9.17, 15) is 0 Å². The molecule has 0 aliphatic carbocycles. The molecule has 148 valence electrons. The van der Waals surface area contributed by atoms with Crippen LogP contribution in [0, 0.1) is 13.8 Å². The van der Waals surface area contributed by atoms with Crippen LogP contribution in [0.15, 0.2) is 58.3 Å². The Kier molecular flexibility index (Phi) is 4.55. The molecule has 1 aromatic heterocycles. The van der Waals surface area contributed by atoms with E-state index in [2.05, 4.69) is 59.9 Å². The van der Waals surface area contributed by atoms with Crippen molar-refractivity contribution in [2.45, 2.75) is 39.5 Å². The van der Waals surface area contributed by atoms with Crippen molar-refractivity contribution < 1.29 is 9.47 Å². The Balaban J connectivity index is 1.60. The minimum Gasteiger partial charge on any atom is -0.490 e. The Labute approximate surface area is 175 Å². The average Bonchev–Trinajstić information content (AvgIpc) is 3.40. The zero-order valence-electron chi connectivity index (χ0n) is 16.9. The lowest BCUT2D eigenvalue weighted by Crippen LogP contribution is -2.33. The van der Waals surface area contributed by atoms with E-state index in [1.165, 1.54) is 16.7 Å². The van der Waals surface area contributed by atoms with Crippen LogP contribution in [0.2, 0.25) is 0 Å². The second-order valence-electron chi connectivity index (χ2n) is 7.58. The maximum absolute atomic E-state index is 6.50. The molecule has 0 radical (unpaired) electrons. The topological polar surface area (TPSA) is 34.1 Å². The molecule has 2 atom stereocenters. The van der Waals surface area contributed by atoms with Crippen LogP contribution in [0.25, 0.3) is 0 Å². The minimum atomic E-state index is -0.246. The van der Waals surface area contributed by atoms with Gasteiger partial charge < -0.3 is 9.47 Å². The number of aryl methyl sites for hydroxylation is 2. The number of fused-ring (bicyclic) bond motifs is 3. The van der Waals surface area contributed by atoms with Crippen molar-refractivity contribution in [2.75, 3.05) is 6.61 Å². The average molecular weight is 405 g/mol. The number of thiophene rings is 1. The molecule has 29 heavy (non-hydrogen) atoms. The van der Waals surface area contributed by atoms with Gasteiger partial charge in [-0.15, -0.1) is 0 Å². The standard InChI is InChI=1S/C24H24N2O2S/c1-4-27-22-7-5-6-19-21-13-20(17-9-8-15(2)16(3)12-17)25-26(21)24(28-23(19)22)18-10-11-29-14-18/h5-12,14,21,24H,4,13H2,1-3H3/t21-,24+/m1/s1. The van der Waals surface area contributed by atoms with Gasteiger partial charge in [-0.25, -0.2) is 5.01 Å². The van der Waals surface area contributed by atoms with Gasteiger partial charge in [0.1, 0.15) is 0 Å². The predicted octanol–water partition coefficient (Wildman–Crippen LogP) is 6.01. The first kappa shape index (κ1) is 18.3. The quantitative estimate of drug-likeness (QED) is 0.534. The van der Waals surface area contributed by atoms with E-state index in [4.69, 9.17) is 14.6 Å². The van der Waals surface area contributed by atoms with Gasteiger partial charge in [-0.3, -0.25) is 0 Å². The molecule has 0 fully saturated rings. The minimum absolute atomic E-state index is 0.140. The molecule has 3 aromatic rings. The monoisotopic (exact) mass is 404 g/mol. The van der Waals surface area contributed by atoms with Crippen molar-refractivity contribution in [1.82, 2.24) is 5.01 Å². The van der Waals surface area contributed by atoms with Gasteiger partial charge in [0.05, 0.1) is 18.4 Å². The molecule has 0 saturated heterocycles. The molecular formula is C24H24N2O2S. The fraction of sp³-hybridized carbons (Fsp3) is 0.292. The van der Waals surface area contributed by atoms with Gasteiger partial charge in [-0.1, -0.05) is 24.3 Å². The Hall–Kier alpha value is -2.79. The van der Waals surface area contributed by atoms with Gasteiger partial charge in [0.15, 0.2) is 11.5 Å². The second-order valence-corrected chi connectivity index (χ2v) is 8.36. The molecule has 0 unspecified atom stereocenters. The molecular weight excluding hydrogens is 380 g/mol. The number of hydrogen-bond acceptors (Lipinski definition) is 5. The highest BCUT2D eigenvalue weighted by Crippen LogP contribution is 2.50. The Bertz CT molecular complexity index is 1070. The first-order valence-electron chi connectivity index (χ1n) is 10.0. The van der Waals surface area contributed by atoms with E-state index in [0.29, 0.717) is 6.61 Å². The van der Waals surface area contributed by atoms with Crippen molar-refractivity contribution >= 4 is 17.0 Å². The summed E-state index contributed by atoms with van der Waals surface area (Å²) in [5.74, 6) is 1.66. The third-order valence-corrected chi connectivity index (χ3v) is 6.45. The fourth-order valence-electron chi connectivity index (χ4n) is 4.08. The number of benzene rings is 2. The number of para-hydroxylation sites is 1. The number of rotatable bonds is 4. The summed E-state index contributed by atoms with van der Waals surface area (Å²) in [6.07, 6.45) is 0.610. The van der Waals surface area contributed by atoms with E-state index in [0.717, 1.165) is 34.8 Å². The van der Waals surface area contributed by atoms with E-state index in [1.54, 1.807) is 11.3 Å². The lowest BCUT2D eigenvalue weighted by atomic mass is 9.94. The van der Waals surface area contributed by atoms with Gasteiger partial charge >= 0.3 is 0 Å². The molecule has 0 spiro atoms. The van der Waals surface area contributed by atoms with Gasteiger partial charge in [-0.2, -0.15) is 16.4 Å². The first-order valence-corrected chi connectivity index (χ1v) is 11.0. The lowest BCUT2D eigenvalue weighted by Gasteiger charge is -2.38. The van der Waals surface area contributed by atoms with Gasteiger partial charge in [0.25, 0.3) is 0 Å². The second kappa shape index (κ2) is 7.23. The van der Waals surface area contributed by atoms with Crippen LogP contribution in [0.5, 0.6) is 11.5 Å². The molecule has 2 aliphatic heterocycles.